The van der Waals surface area contributed by atoms with E-state index < -0.39 is 10.0 Å². The second-order valence-electron chi connectivity index (χ2n) is 12.8. The summed E-state index contributed by atoms with van der Waals surface area (Å²) in [5.41, 5.74) is 3.77. The van der Waals surface area contributed by atoms with Crippen LogP contribution in [0.5, 0.6) is 0 Å². The highest BCUT2D eigenvalue weighted by Crippen LogP contribution is 2.40. The summed E-state index contributed by atoms with van der Waals surface area (Å²) in [4.78, 5) is 41.8. The van der Waals surface area contributed by atoms with Crippen molar-refractivity contribution in [2.45, 2.75) is 43.4 Å². The van der Waals surface area contributed by atoms with Gasteiger partial charge in [0.1, 0.15) is 6.33 Å². The lowest BCUT2D eigenvalue weighted by atomic mass is 9.70. The van der Waals surface area contributed by atoms with E-state index in [9.17, 15) is 18.0 Å². The Morgan fingerprint density at radius 3 is 2.13 bits per heavy atom. The first-order valence-corrected chi connectivity index (χ1v) is 17.3. The third-order valence-corrected chi connectivity index (χ3v) is 11.7. The second kappa shape index (κ2) is 12.6. The van der Waals surface area contributed by atoms with Crippen molar-refractivity contribution in [3.63, 3.8) is 0 Å². The van der Waals surface area contributed by atoms with Crippen molar-refractivity contribution < 1.29 is 18.0 Å². The summed E-state index contributed by atoms with van der Waals surface area (Å²) in [5, 5.41) is 0. The van der Waals surface area contributed by atoms with Crippen molar-refractivity contribution >= 4 is 21.8 Å². The quantitative estimate of drug-likeness (QED) is 0.406. The number of benzene rings is 2. The van der Waals surface area contributed by atoms with E-state index in [4.69, 9.17) is 0 Å². The van der Waals surface area contributed by atoms with Crippen molar-refractivity contribution in [2.24, 2.45) is 11.8 Å². The van der Waals surface area contributed by atoms with Crippen molar-refractivity contribution in [1.29, 1.82) is 0 Å². The predicted octanol–water partition coefficient (Wildman–Crippen LogP) is 3.27. The van der Waals surface area contributed by atoms with E-state index in [0.717, 1.165) is 63.4 Å². The smallest absolute Gasteiger partial charge is 0.257 e. The molecule has 10 nitrogen and oxygen atoms in total. The van der Waals surface area contributed by atoms with Crippen LogP contribution < -0.4 is 4.72 Å². The predicted molar refractivity (Wildman–Crippen MR) is 171 cm³/mol. The zero-order valence-electron chi connectivity index (χ0n) is 26.3. The summed E-state index contributed by atoms with van der Waals surface area (Å²) < 4.78 is 26.9. The molecule has 0 radical (unpaired) electrons. The summed E-state index contributed by atoms with van der Waals surface area (Å²) in [7, 11) is -2.27. The average molecular weight is 631 g/mol. The van der Waals surface area contributed by atoms with E-state index in [2.05, 4.69) is 43.9 Å². The van der Waals surface area contributed by atoms with Gasteiger partial charge in [0.2, 0.25) is 10.0 Å². The Labute approximate surface area is 265 Å². The minimum absolute atomic E-state index is 0.0442. The number of nitrogens with one attached hydrogen (secondary N) is 1. The van der Waals surface area contributed by atoms with Crippen LogP contribution in [0.15, 0.2) is 65.8 Å². The number of sulfonamides is 1. The summed E-state index contributed by atoms with van der Waals surface area (Å²) in [6.07, 6.45) is 4.20. The van der Waals surface area contributed by atoms with Crippen molar-refractivity contribution in [2.75, 3.05) is 52.9 Å². The molecule has 0 spiro atoms. The number of likely N-dealkylation sites (tertiary alicyclic amines) is 3. The Bertz CT molecular complexity index is 1640. The molecule has 11 heteroatoms. The molecule has 1 aromatic heterocycles. The molecule has 3 saturated heterocycles. The Kier molecular flexibility index (Phi) is 8.78. The Morgan fingerprint density at radius 2 is 1.51 bits per heavy atom. The molecular formula is C34H42N6O4S. The van der Waals surface area contributed by atoms with Gasteiger partial charge in [-0.1, -0.05) is 36.4 Å². The zero-order chi connectivity index (χ0) is 31.8. The minimum Gasteiger partial charge on any atom is -0.339 e. The number of aryl methyl sites for hydroxylation is 2. The Hall–Kier alpha value is -3.67. The maximum atomic E-state index is 13.5. The second-order valence-corrected chi connectivity index (χ2v) is 14.7. The molecule has 2 unspecified atom stereocenters. The fraction of sp³-hybridized carbons (Fsp3) is 0.471. The van der Waals surface area contributed by atoms with Gasteiger partial charge in [0.25, 0.3) is 11.8 Å². The average Bonchev–Trinajstić information content (AvgIpc) is 3.63. The van der Waals surface area contributed by atoms with E-state index in [1.165, 1.54) is 31.1 Å². The highest BCUT2D eigenvalue weighted by molar-refractivity contribution is 7.89. The van der Waals surface area contributed by atoms with E-state index >= 15 is 0 Å². The monoisotopic (exact) mass is 630 g/mol. The summed E-state index contributed by atoms with van der Waals surface area (Å²) in [6.45, 7) is 9.45. The molecular weight excluding hydrogens is 588 g/mol. The number of aromatic nitrogens is 2. The number of amides is 2. The van der Waals surface area contributed by atoms with E-state index in [1.807, 2.05) is 29.7 Å². The van der Waals surface area contributed by atoms with Gasteiger partial charge in [0, 0.05) is 44.8 Å². The largest absolute Gasteiger partial charge is 0.339 e. The molecule has 2 amide bonds. The maximum absolute atomic E-state index is 13.5. The number of hydrogen-bond donors (Lipinski definition) is 1. The molecule has 45 heavy (non-hydrogen) atoms. The van der Waals surface area contributed by atoms with Gasteiger partial charge in [-0.3, -0.25) is 9.59 Å². The van der Waals surface area contributed by atoms with Crippen molar-refractivity contribution in [3.05, 3.63) is 89.0 Å². The third-order valence-electron chi connectivity index (χ3n) is 10.2. The van der Waals surface area contributed by atoms with Crippen LogP contribution in [0.2, 0.25) is 0 Å². The lowest BCUT2D eigenvalue weighted by Crippen LogP contribution is -2.46. The molecule has 2 aromatic carbocycles. The highest BCUT2D eigenvalue weighted by atomic mass is 32.2. The number of fused-ring (bicyclic) bond motifs is 1. The fourth-order valence-corrected chi connectivity index (χ4v) is 8.36. The van der Waals surface area contributed by atoms with Crippen LogP contribution in [0.4, 0.5) is 0 Å². The molecule has 3 fully saturated rings. The Balaban J connectivity index is 1.09. The first kappa shape index (κ1) is 31.3. The normalized spacial score (nSPS) is 21.6. The SMILES string of the molecule is CNS(=O)(=O)c1cccc(C(=O)N2CCC(CCN3CC4CN(C(=O)c5c(C)ncnc5C)CC4C3)(c3ccccc3)CC2)c1. The van der Waals surface area contributed by atoms with Gasteiger partial charge in [0.05, 0.1) is 21.8 Å². The molecule has 1 N–H and O–H groups in total. The molecule has 6 rings (SSSR count). The van der Waals surface area contributed by atoms with Crippen LogP contribution in [-0.2, 0) is 15.4 Å². The first-order valence-electron chi connectivity index (χ1n) is 15.8. The fourth-order valence-electron chi connectivity index (χ4n) is 7.58. The maximum Gasteiger partial charge on any atom is 0.257 e. The molecule has 4 heterocycles. The standard InChI is InChI=1S/C34H42N6O4S/c1-24-31(25(2)37-23-36-24)33(42)40-21-27-19-38(20-28(27)22-40)15-12-34(29-9-5-4-6-10-29)13-16-39(17-14-34)32(41)26-8-7-11-30(18-26)45(43,44)35-3/h4-11,18,23,27-28,35H,12-17,19-22H2,1-3H3. The molecule has 3 aromatic rings. The van der Waals surface area contributed by atoms with Crippen LogP contribution in [0, 0.1) is 25.7 Å². The van der Waals surface area contributed by atoms with Gasteiger partial charge in [-0.15, -0.1) is 0 Å². The van der Waals surface area contributed by atoms with Crippen molar-refractivity contribution in [1.82, 2.24) is 29.4 Å². The van der Waals surface area contributed by atoms with Gasteiger partial charge in [0.15, 0.2) is 0 Å². The number of nitrogens with zero attached hydrogens (tertiary/aromatic N) is 5. The zero-order valence-corrected chi connectivity index (χ0v) is 27.1. The molecule has 0 aliphatic carbocycles. The molecule has 3 aliphatic rings. The number of carbonyl (C=O) groups excluding carboxylic acids is 2. The van der Waals surface area contributed by atoms with E-state index in [-0.39, 0.29) is 22.1 Å². The third kappa shape index (κ3) is 6.25. The van der Waals surface area contributed by atoms with Gasteiger partial charge in [-0.2, -0.15) is 0 Å². The summed E-state index contributed by atoms with van der Waals surface area (Å²) >= 11 is 0. The number of piperidine rings is 1. The lowest BCUT2D eigenvalue weighted by Gasteiger charge is -2.43. The Morgan fingerprint density at radius 1 is 0.867 bits per heavy atom. The van der Waals surface area contributed by atoms with Gasteiger partial charge in [-0.25, -0.2) is 23.1 Å². The van der Waals surface area contributed by atoms with Gasteiger partial charge in [-0.05, 0) is 87.7 Å². The number of carbonyl (C=O) groups is 2. The number of hydrogen-bond acceptors (Lipinski definition) is 7. The van der Waals surface area contributed by atoms with Crippen LogP contribution >= 0.6 is 0 Å². The van der Waals surface area contributed by atoms with Crippen LogP contribution in [0.3, 0.4) is 0 Å². The minimum atomic E-state index is -3.63. The molecule has 2 atom stereocenters. The summed E-state index contributed by atoms with van der Waals surface area (Å²) in [5.74, 6) is 0.845. The van der Waals surface area contributed by atoms with Gasteiger partial charge >= 0.3 is 0 Å². The molecule has 238 valence electrons. The van der Waals surface area contributed by atoms with Crippen molar-refractivity contribution in [3.8, 4) is 0 Å². The van der Waals surface area contributed by atoms with Gasteiger partial charge < -0.3 is 14.7 Å². The highest BCUT2D eigenvalue weighted by Gasteiger charge is 2.44. The molecule has 0 saturated carbocycles. The van der Waals surface area contributed by atoms with E-state index in [1.54, 1.807) is 12.1 Å². The first-order chi connectivity index (χ1) is 21.6. The molecule has 3 aliphatic heterocycles. The topological polar surface area (TPSA) is 116 Å². The molecule has 0 bridgehead atoms. The van der Waals surface area contributed by atoms with Crippen LogP contribution in [0.25, 0.3) is 0 Å². The lowest BCUT2D eigenvalue weighted by molar-refractivity contribution is 0.0649. The van der Waals surface area contributed by atoms with Crippen LogP contribution in [-0.4, -0.2) is 97.8 Å². The number of rotatable bonds is 8. The van der Waals surface area contributed by atoms with Crippen LogP contribution in [0.1, 0.15) is 56.9 Å². The summed E-state index contributed by atoms with van der Waals surface area (Å²) in [6, 6.07) is 16.9. The van der Waals surface area contributed by atoms with E-state index in [0.29, 0.717) is 36.1 Å².